The van der Waals surface area contributed by atoms with E-state index in [0.717, 1.165) is 36.3 Å². The third kappa shape index (κ3) is 2.50. The van der Waals surface area contributed by atoms with E-state index in [9.17, 15) is 4.39 Å². The molecule has 0 bridgehead atoms. The first-order valence-corrected chi connectivity index (χ1v) is 7.32. The van der Waals surface area contributed by atoms with Crippen molar-refractivity contribution in [3.05, 3.63) is 63.9 Å². The number of alkyl halides is 1. The van der Waals surface area contributed by atoms with Gasteiger partial charge < -0.3 is 4.74 Å². The van der Waals surface area contributed by atoms with E-state index in [0.29, 0.717) is 10.6 Å². The van der Waals surface area contributed by atoms with Gasteiger partial charge in [0.25, 0.3) is 0 Å². The molecule has 0 aromatic heterocycles. The lowest BCUT2D eigenvalue weighted by atomic mass is 9.98. The highest BCUT2D eigenvalue weighted by Crippen LogP contribution is 2.37. The molecular weight excluding hydrogens is 298 g/mol. The van der Waals surface area contributed by atoms with E-state index >= 15 is 0 Å². The number of aryl methyl sites for hydroxylation is 1. The van der Waals surface area contributed by atoms with E-state index in [1.165, 1.54) is 6.07 Å². The van der Waals surface area contributed by atoms with Gasteiger partial charge in [0.15, 0.2) is 0 Å². The van der Waals surface area contributed by atoms with Gasteiger partial charge in [0.05, 0.1) is 12.0 Å². The molecule has 0 radical (unpaired) electrons. The Kier molecular flexibility index (Phi) is 3.86. The Labute approximate surface area is 127 Å². The Morgan fingerprint density at radius 1 is 1.20 bits per heavy atom. The number of benzene rings is 2. The SMILES string of the molecule is Fc1cccc(Cl)c1C(Cl)c1ccc2c(c1)CCCO2. The van der Waals surface area contributed by atoms with Crippen LogP contribution in [0.15, 0.2) is 36.4 Å². The van der Waals surface area contributed by atoms with Gasteiger partial charge in [-0.3, -0.25) is 0 Å². The van der Waals surface area contributed by atoms with Gasteiger partial charge in [-0.2, -0.15) is 0 Å². The molecular formula is C16H13Cl2FO. The molecule has 0 aliphatic carbocycles. The summed E-state index contributed by atoms with van der Waals surface area (Å²) in [5.41, 5.74) is 2.28. The van der Waals surface area contributed by atoms with E-state index in [2.05, 4.69) is 0 Å². The van der Waals surface area contributed by atoms with E-state index in [4.69, 9.17) is 27.9 Å². The lowest BCUT2D eigenvalue weighted by Gasteiger charge is -2.20. The molecule has 4 heteroatoms. The Balaban J connectivity index is 2.00. The first-order valence-electron chi connectivity index (χ1n) is 6.50. The quantitative estimate of drug-likeness (QED) is 0.698. The fraction of sp³-hybridized carbons (Fsp3) is 0.250. The molecule has 1 unspecified atom stereocenters. The second-order valence-corrected chi connectivity index (χ2v) is 5.66. The van der Waals surface area contributed by atoms with Crippen molar-refractivity contribution in [1.82, 2.24) is 0 Å². The molecule has 3 rings (SSSR count). The van der Waals surface area contributed by atoms with Crippen molar-refractivity contribution in [2.24, 2.45) is 0 Å². The topological polar surface area (TPSA) is 9.23 Å². The maximum atomic E-state index is 13.9. The summed E-state index contributed by atoms with van der Waals surface area (Å²) in [4.78, 5) is 0. The van der Waals surface area contributed by atoms with Gasteiger partial charge in [0, 0.05) is 10.6 Å². The smallest absolute Gasteiger partial charge is 0.129 e. The Hall–Kier alpha value is -1.25. The normalized spacial score (nSPS) is 15.3. The number of fused-ring (bicyclic) bond motifs is 1. The summed E-state index contributed by atoms with van der Waals surface area (Å²) in [6, 6.07) is 10.3. The van der Waals surface area contributed by atoms with E-state index in [-0.39, 0.29) is 5.82 Å². The molecule has 1 atom stereocenters. The van der Waals surface area contributed by atoms with Gasteiger partial charge in [-0.05, 0) is 42.2 Å². The third-order valence-corrected chi connectivity index (χ3v) is 4.28. The lowest BCUT2D eigenvalue weighted by molar-refractivity contribution is 0.288. The van der Waals surface area contributed by atoms with Crippen LogP contribution in [0.4, 0.5) is 4.39 Å². The van der Waals surface area contributed by atoms with Gasteiger partial charge in [-0.15, -0.1) is 11.6 Å². The molecule has 1 heterocycles. The minimum atomic E-state index is -0.601. The van der Waals surface area contributed by atoms with Crippen molar-refractivity contribution < 1.29 is 9.13 Å². The Bertz CT molecular complexity index is 622. The molecule has 2 aromatic carbocycles. The molecule has 1 nitrogen and oxygen atoms in total. The minimum absolute atomic E-state index is 0.326. The van der Waals surface area contributed by atoms with Crippen LogP contribution in [-0.4, -0.2) is 6.61 Å². The van der Waals surface area contributed by atoms with Crippen LogP contribution in [0.25, 0.3) is 0 Å². The number of hydrogen-bond acceptors (Lipinski definition) is 1. The second-order valence-electron chi connectivity index (χ2n) is 4.82. The van der Waals surface area contributed by atoms with Crippen molar-refractivity contribution in [3.8, 4) is 5.75 Å². The summed E-state index contributed by atoms with van der Waals surface area (Å²) >= 11 is 12.5. The predicted octanol–water partition coefficient (Wildman–Crippen LogP) is 5.13. The van der Waals surface area contributed by atoms with Crippen LogP contribution < -0.4 is 4.74 Å². The summed E-state index contributed by atoms with van der Waals surface area (Å²) in [5.74, 6) is 0.509. The van der Waals surface area contributed by atoms with Crippen molar-refractivity contribution in [1.29, 1.82) is 0 Å². The standard InChI is InChI=1S/C16H13Cl2FO/c17-12-4-1-5-13(19)15(12)16(18)11-6-7-14-10(9-11)3-2-8-20-14/h1,4-7,9,16H,2-3,8H2. The average molecular weight is 311 g/mol. The van der Waals surface area contributed by atoms with Crippen molar-refractivity contribution in [2.45, 2.75) is 18.2 Å². The van der Waals surface area contributed by atoms with Crippen LogP contribution in [0.5, 0.6) is 5.75 Å². The van der Waals surface area contributed by atoms with Crippen LogP contribution in [0.1, 0.15) is 28.5 Å². The van der Waals surface area contributed by atoms with Crippen LogP contribution in [0, 0.1) is 5.82 Å². The predicted molar refractivity (Wildman–Crippen MR) is 79.4 cm³/mol. The molecule has 104 valence electrons. The largest absolute Gasteiger partial charge is 0.493 e. The highest BCUT2D eigenvalue weighted by Gasteiger charge is 2.20. The van der Waals surface area contributed by atoms with Crippen molar-refractivity contribution >= 4 is 23.2 Å². The molecule has 2 aromatic rings. The van der Waals surface area contributed by atoms with E-state index in [1.54, 1.807) is 12.1 Å². The molecule has 0 saturated heterocycles. The molecule has 0 spiro atoms. The summed E-state index contributed by atoms with van der Waals surface area (Å²) in [6.45, 7) is 0.746. The maximum Gasteiger partial charge on any atom is 0.129 e. The fourth-order valence-corrected chi connectivity index (χ4v) is 3.14. The summed E-state index contributed by atoms with van der Waals surface area (Å²) in [5, 5.41) is -0.255. The molecule has 1 aliphatic rings. The highest BCUT2D eigenvalue weighted by molar-refractivity contribution is 6.33. The zero-order valence-electron chi connectivity index (χ0n) is 10.7. The van der Waals surface area contributed by atoms with Gasteiger partial charge in [-0.25, -0.2) is 4.39 Å². The zero-order valence-corrected chi connectivity index (χ0v) is 12.2. The van der Waals surface area contributed by atoms with E-state index in [1.807, 2.05) is 18.2 Å². The molecule has 0 fully saturated rings. The molecule has 0 amide bonds. The summed E-state index contributed by atoms with van der Waals surface area (Å²) < 4.78 is 19.5. The van der Waals surface area contributed by atoms with Gasteiger partial charge >= 0.3 is 0 Å². The maximum absolute atomic E-state index is 13.9. The Morgan fingerprint density at radius 2 is 2.05 bits per heavy atom. The van der Waals surface area contributed by atoms with Crippen LogP contribution in [0.2, 0.25) is 5.02 Å². The first kappa shape index (κ1) is 13.7. The number of ether oxygens (including phenoxy) is 1. The van der Waals surface area contributed by atoms with E-state index < -0.39 is 5.38 Å². The van der Waals surface area contributed by atoms with Crippen LogP contribution in [0.3, 0.4) is 0 Å². The molecule has 0 N–H and O–H groups in total. The highest BCUT2D eigenvalue weighted by atomic mass is 35.5. The van der Waals surface area contributed by atoms with Crippen molar-refractivity contribution in [2.75, 3.05) is 6.61 Å². The van der Waals surface area contributed by atoms with Gasteiger partial charge in [0.1, 0.15) is 11.6 Å². The molecule has 20 heavy (non-hydrogen) atoms. The number of halogens is 3. The van der Waals surface area contributed by atoms with Crippen molar-refractivity contribution in [3.63, 3.8) is 0 Å². The monoisotopic (exact) mass is 310 g/mol. The minimum Gasteiger partial charge on any atom is -0.493 e. The Morgan fingerprint density at radius 3 is 2.85 bits per heavy atom. The fourth-order valence-electron chi connectivity index (χ4n) is 2.46. The zero-order chi connectivity index (χ0) is 14.1. The summed E-state index contributed by atoms with van der Waals surface area (Å²) in [7, 11) is 0. The summed E-state index contributed by atoms with van der Waals surface area (Å²) in [6.07, 6.45) is 1.95. The van der Waals surface area contributed by atoms with Gasteiger partial charge in [0.2, 0.25) is 0 Å². The lowest BCUT2D eigenvalue weighted by Crippen LogP contribution is -2.09. The number of hydrogen-bond donors (Lipinski definition) is 0. The number of rotatable bonds is 2. The van der Waals surface area contributed by atoms with Gasteiger partial charge in [-0.1, -0.05) is 29.8 Å². The molecule has 0 saturated carbocycles. The van der Waals surface area contributed by atoms with Crippen LogP contribution in [-0.2, 0) is 6.42 Å². The second kappa shape index (κ2) is 5.63. The third-order valence-electron chi connectivity index (χ3n) is 3.48. The van der Waals surface area contributed by atoms with Crippen LogP contribution >= 0.6 is 23.2 Å². The molecule has 1 aliphatic heterocycles. The average Bonchev–Trinajstić information content (AvgIpc) is 2.46. The first-order chi connectivity index (χ1) is 9.66.